The Hall–Kier alpha value is -4.52. The smallest absolute Gasteiger partial charge is 0.272 e. The van der Waals surface area contributed by atoms with E-state index >= 15 is 0 Å². The number of benzene rings is 3. The number of hydrogen-bond acceptors (Lipinski definition) is 5. The molecule has 0 saturated carbocycles. The predicted octanol–water partition coefficient (Wildman–Crippen LogP) is 5.80. The molecule has 0 unspecified atom stereocenters. The number of hydrazone groups is 1. The molecule has 0 aliphatic rings. The lowest BCUT2D eigenvalue weighted by molar-refractivity contribution is -0.115. The summed E-state index contributed by atoms with van der Waals surface area (Å²) in [7, 11) is 0. The second kappa shape index (κ2) is 11.3. The van der Waals surface area contributed by atoms with E-state index in [1.807, 2.05) is 86.6 Å². The zero-order valence-corrected chi connectivity index (χ0v) is 20.5. The van der Waals surface area contributed by atoms with Crippen molar-refractivity contribution in [3.8, 4) is 17.0 Å². The van der Waals surface area contributed by atoms with Crippen molar-refractivity contribution in [1.82, 2.24) is 10.4 Å². The minimum absolute atomic E-state index is 0.0479. The molecule has 182 valence electrons. The Balaban J connectivity index is 1.62. The quantitative estimate of drug-likeness (QED) is 0.246. The average Bonchev–Trinajstić information content (AvgIpc) is 2.91. The summed E-state index contributed by atoms with van der Waals surface area (Å²) in [5.74, 6) is 0.324. The third-order valence-electron chi connectivity index (χ3n) is 5.66. The molecular formula is C29H28N4O3. The monoisotopic (exact) mass is 480 g/mol. The van der Waals surface area contributed by atoms with Crippen molar-refractivity contribution in [3.05, 3.63) is 90.0 Å². The number of nitrogens with one attached hydrogen (secondary N) is 2. The van der Waals surface area contributed by atoms with Crippen LogP contribution in [0.15, 0.2) is 84.0 Å². The molecule has 4 aromatic rings. The van der Waals surface area contributed by atoms with Gasteiger partial charge in [0.2, 0.25) is 5.91 Å². The van der Waals surface area contributed by atoms with Crippen molar-refractivity contribution in [2.24, 2.45) is 5.10 Å². The molecule has 0 spiro atoms. The molecular weight excluding hydrogens is 452 g/mol. The van der Waals surface area contributed by atoms with Crippen molar-refractivity contribution >= 4 is 34.1 Å². The highest BCUT2D eigenvalue weighted by Gasteiger charge is 2.16. The van der Waals surface area contributed by atoms with Gasteiger partial charge in [0.1, 0.15) is 5.75 Å². The van der Waals surface area contributed by atoms with E-state index in [9.17, 15) is 9.59 Å². The topological polar surface area (TPSA) is 92.7 Å². The largest absolute Gasteiger partial charge is 0.493 e. The first-order valence-electron chi connectivity index (χ1n) is 11.9. The normalized spacial score (nSPS) is 11.2. The molecule has 7 nitrogen and oxygen atoms in total. The van der Waals surface area contributed by atoms with Crippen molar-refractivity contribution in [2.45, 2.75) is 27.2 Å². The molecule has 2 N–H and O–H groups in total. The first kappa shape index (κ1) is 24.6. The maximum absolute atomic E-state index is 13.3. The highest BCUT2D eigenvalue weighted by atomic mass is 16.5. The molecule has 0 fully saturated rings. The summed E-state index contributed by atoms with van der Waals surface area (Å²) in [5.41, 5.74) is 7.50. The molecule has 0 saturated heterocycles. The Bertz CT molecular complexity index is 1430. The number of nitrogens with zero attached hydrogens (tertiary/aromatic N) is 2. The van der Waals surface area contributed by atoms with Crippen molar-refractivity contribution < 1.29 is 14.3 Å². The van der Waals surface area contributed by atoms with E-state index in [0.29, 0.717) is 47.0 Å². The van der Waals surface area contributed by atoms with Crippen molar-refractivity contribution in [3.63, 3.8) is 0 Å². The summed E-state index contributed by atoms with van der Waals surface area (Å²) >= 11 is 0. The molecule has 36 heavy (non-hydrogen) atoms. The minimum Gasteiger partial charge on any atom is -0.493 e. The Morgan fingerprint density at radius 2 is 1.67 bits per heavy atom. The average molecular weight is 481 g/mol. The number of anilines is 1. The second-order valence-electron chi connectivity index (χ2n) is 8.12. The lowest BCUT2D eigenvalue weighted by atomic mass is 10.0. The standard InChI is InChI=1S/C29H28N4O3/c1-4-28(34)30-21-16-14-20(15-17-21)19(3)32-33-29(35)24-18-26(31-25-12-8-6-10-22(24)25)23-11-7-9-13-27(23)36-5-2/h6-18H,4-5H2,1-3H3,(H,30,34)(H,33,35)/b32-19-. The maximum Gasteiger partial charge on any atom is 0.272 e. The molecule has 0 bridgehead atoms. The van der Waals surface area contributed by atoms with Crippen molar-refractivity contribution in [1.29, 1.82) is 0 Å². The summed E-state index contributed by atoms with van der Waals surface area (Å²) < 4.78 is 5.78. The van der Waals surface area contributed by atoms with Gasteiger partial charge >= 0.3 is 0 Å². The molecule has 7 heteroatoms. The lowest BCUT2D eigenvalue weighted by Gasteiger charge is -2.12. The van der Waals surface area contributed by atoms with E-state index in [4.69, 9.17) is 9.72 Å². The number of carbonyl (C=O) groups is 2. The van der Waals surface area contributed by atoms with Gasteiger partial charge in [0.05, 0.1) is 29.1 Å². The summed E-state index contributed by atoms with van der Waals surface area (Å²) in [5, 5.41) is 7.86. The second-order valence-corrected chi connectivity index (χ2v) is 8.12. The van der Waals surface area contributed by atoms with Crippen LogP contribution >= 0.6 is 0 Å². The Labute approximate surface area is 210 Å². The van der Waals surface area contributed by atoms with Gasteiger partial charge in [-0.1, -0.05) is 49.4 Å². The van der Waals surface area contributed by atoms with Crippen molar-refractivity contribution in [2.75, 3.05) is 11.9 Å². The summed E-state index contributed by atoms with van der Waals surface area (Å²) in [4.78, 5) is 29.6. The van der Waals surface area contributed by atoms with Gasteiger partial charge in [-0.2, -0.15) is 5.10 Å². The first-order chi connectivity index (χ1) is 17.5. The fraction of sp³-hybridized carbons (Fsp3) is 0.172. The molecule has 3 aromatic carbocycles. The number of ether oxygens (including phenoxy) is 1. The third-order valence-corrected chi connectivity index (χ3v) is 5.66. The Morgan fingerprint density at radius 3 is 2.42 bits per heavy atom. The number of para-hydroxylation sites is 2. The molecule has 1 aromatic heterocycles. The van der Waals surface area contributed by atoms with Crippen LogP contribution in [-0.2, 0) is 4.79 Å². The third kappa shape index (κ3) is 5.58. The van der Waals surface area contributed by atoms with Crippen LogP contribution in [0.5, 0.6) is 5.75 Å². The fourth-order valence-corrected chi connectivity index (χ4v) is 3.76. The fourth-order valence-electron chi connectivity index (χ4n) is 3.76. The lowest BCUT2D eigenvalue weighted by Crippen LogP contribution is -2.20. The van der Waals surface area contributed by atoms with Crippen LogP contribution < -0.4 is 15.5 Å². The van der Waals surface area contributed by atoms with Gasteiger partial charge in [0.15, 0.2) is 0 Å². The summed E-state index contributed by atoms with van der Waals surface area (Å²) in [6.45, 7) is 6.07. The van der Waals surface area contributed by atoms with Gasteiger partial charge in [-0.05, 0) is 55.8 Å². The number of pyridine rings is 1. The first-order valence-corrected chi connectivity index (χ1v) is 11.9. The number of carbonyl (C=O) groups excluding carboxylic acids is 2. The number of rotatable bonds is 8. The Kier molecular flexibility index (Phi) is 7.70. The highest BCUT2D eigenvalue weighted by Crippen LogP contribution is 2.31. The zero-order valence-electron chi connectivity index (χ0n) is 20.5. The van der Waals surface area contributed by atoms with E-state index < -0.39 is 0 Å². The van der Waals surface area contributed by atoms with Crippen LogP contribution in [0.4, 0.5) is 5.69 Å². The number of fused-ring (bicyclic) bond motifs is 1. The van der Waals surface area contributed by atoms with Gasteiger partial charge in [-0.3, -0.25) is 9.59 Å². The molecule has 4 rings (SSSR count). The van der Waals surface area contributed by atoms with E-state index in [1.54, 1.807) is 13.0 Å². The zero-order chi connectivity index (χ0) is 25.5. The molecule has 2 amide bonds. The van der Waals surface area contributed by atoms with E-state index in [-0.39, 0.29) is 11.8 Å². The summed E-state index contributed by atoms with van der Waals surface area (Å²) in [6, 6.07) is 24.2. The van der Waals surface area contributed by atoms with Crippen LogP contribution in [0.25, 0.3) is 22.2 Å². The van der Waals surface area contributed by atoms with Gasteiger partial charge < -0.3 is 10.1 Å². The van der Waals surface area contributed by atoms with E-state index in [0.717, 1.165) is 16.5 Å². The number of aromatic nitrogens is 1. The predicted molar refractivity (Wildman–Crippen MR) is 143 cm³/mol. The number of hydrogen-bond donors (Lipinski definition) is 2. The highest BCUT2D eigenvalue weighted by molar-refractivity contribution is 6.08. The van der Waals surface area contributed by atoms with Gasteiger partial charge in [-0.15, -0.1) is 0 Å². The Morgan fingerprint density at radius 1 is 0.944 bits per heavy atom. The van der Waals surface area contributed by atoms with Crippen LogP contribution in [0.2, 0.25) is 0 Å². The SMILES string of the molecule is CCOc1ccccc1-c1cc(C(=O)N/N=C(/C)c2ccc(NC(=O)CC)cc2)c2ccccc2n1. The van der Waals surface area contributed by atoms with Gasteiger partial charge in [0.25, 0.3) is 5.91 Å². The molecule has 0 aliphatic heterocycles. The molecule has 0 radical (unpaired) electrons. The molecule has 0 aliphatic carbocycles. The minimum atomic E-state index is -0.338. The van der Waals surface area contributed by atoms with Gasteiger partial charge in [-0.25, -0.2) is 10.4 Å². The van der Waals surface area contributed by atoms with E-state index in [1.165, 1.54) is 0 Å². The maximum atomic E-state index is 13.3. The van der Waals surface area contributed by atoms with E-state index in [2.05, 4.69) is 15.8 Å². The number of amides is 2. The van der Waals surface area contributed by atoms with Crippen LogP contribution in [0.1, 0.15) is 43.1 Å². The van der Waals surface area contributed by atoms with Gasteiger partial charge in [0, 0.05) is 23.1 Å². The molecule has 0 atom stereocenters. The van der Waals surface area contributed by atoms with Crippen LogP contribution in [0, 0.1) is 0 Å². The summed E-state index contributed by atoms with van der Waals surface area (Å²) in [6.07, 6.45) is 0.414. The van der Waals surface area contributed by atoms with Crippen LogP contribution in [-0.4, -0.2) is 29.1 Å². The van der Waals surface area contributed by atoms with Crippen LogP contribution in [0.3, 0.4) is 0 Å². The molecule has 1 heterocycles.